The number of para-hydroxylation sites is 5. The fourth-order valence-corrected chi connectivity index (χ4v) is 13.4. The van der Waals surface area contributed by atoms with Crippen molar-refractivity contribution in [3.8, 4) is 57.5 Å². The van der Waals surface area contributed by atoms with Gasteiger partial charge in [-0.1, -0.05) is 365 Å². The van der Waals surface area contributed by atoms with Crippen LogP contribution in [0.2, 0.25) is 0 Å². The Balaban J connectivity index is 0.000000719. The van der Waals surface area contributed by atoms with Gasteiger partial charge in [0, 0.05) is 0 Å². The molecule has 115 heavy (non-hydrogen) atoms. The van der Waals surface area contributed by atoms with Gasteiger partial charge in [0.15, 0.2) is 57.5 Å². The average Bonchev–Trinajstić information content (AvgIpc) is 0.910. The first-order valence-electron chi connectivity index (χ1n) is 45.5. The summed E-state index contributed by atoms with van der Waals surface area (Å²) in [5, 5.41) is 95.9. The zero-order valence-corrected chi connectivity index (χ0v) is 72.6. The van der Waals surface area contributed by atoms with Crippen LogP contribution in [0.25, 0.3) is 0 Å². The summed E-state index contributed by atoms with van der Waals surface area (Å²) in [4.78, 5) is 0. The quantitative estimate of drug-likeness (QED) is 0.00773. The van der Waals surface area contributed by atoms with Crippen molar-refractivity contribution in [2.24, 2.45) is 0 Å². The van der Waals surface area contributed by atoms with Crippen LogP contribution in [0.1, 0.15) is 364 Å². The van der Waals surface area contributed by atoms with Gasteiger partial charge in [-0.3, -0.25) is 0 Å². The highest BCUT2D eigenvalue weighted by atomic mass is 16.3. The van der Waals surface area contributed by atoms with Crippen LogP contribution >= 0.6 is 0 Å². The molecule has 10 nitrogen and oxygen atoms in total. The molecule has 10 heteroatoms. The molecule has 0 aromatic heterocycles. The molecule has 0 bridgehead atoms. The predicted octanol–water partition coefficient (Wildman–Crippen LogP) is 31.6. The van der Waals surface area contributed by atoms with E-state index in [1.165, 1.54) is 268 Å². The molecule has 10 N–H and O–H groups in total. The SMILES string of the molecule is C/C=C\C=C/C/C=C\CCCCCCCc1cccc(O)c1O.C=CC/C=C\C/C=C\CCCCCCCc1cccc(O)c1O.CCC/C=C\C/C=C\CCCCCCCc1cccc(O)c1O.CCCCCC/C=C\CCCCCCCc1cccc(O)c1O.CCCCCCCCCCCCCCCc1cccc(O)c1O. The van der Waals surface area contributed by atoms with Crippen LogP contribution in [0, 0.1) is 0 Å². The van der Waals surface area contributed by atoms with E-state index in [1.54, 1.807) is 30.3 Å². The van der Waals surface area contributed by atoms with Gasteiger partial charge in [-0.2, -0.15) is 0 Å². The van der Waals surface area contributed by atoms with E-state index >= 15 is 0 Å². The van der Waals surface area contributed by atoms with Crippen LogP contribution < -0.4 is 0 Å². The minimum Gasteiger partial charge on any atom is -0.504 e. The lowest BCUT2D eigenvalue weighted by Gasteiger charge is -2.06. The summed E-state index contributed by atoms with van der Waals surface area (Å²) in [6.45, 7) is 12.4. The summed E-state index contributed by atoms with van der Waals surface area (Å²) in [5.41, 5.74) is 4.27. The average molecular weight is 1580 g/mol. The highest BCUT2D eigenvalue weighted by molar-refractivity contribution is 5.47. The van der Waals surface area contributed by atoms with E-state index in [9.17, 15) is 51.1 Å². The summed E-state index contributed by atoms with van der Waals surface area (Å²) >= 11 is 0. The summed E-state index contributed by atoms with van der Waals surface area (Å²) < 4.78 is 0. The number of benzene rings is 5. The summed E-state index contributed by atoms with van der Waals surface area (Å²) in [5.74, 6) is 0.179. The molecule has 0 aliphatic rings. The molecule has 0 heterocycles. The van der Waals surface area contributed by atoms with Crippen molar-refractivity contribution in [1.82, 2.24) is 0 Å². The molecule has 0 amide bonds. The van der Waals surface area contributed by atoms with E-state index < -0.39 is 0 Å². The molecule has 0 saturated carbocycles. The summed E-state index contributed by atoms with van der Waals surface area (Å²) in [6.07, 6.45) is 101. The lowest BCUT2D eigenvalue weighted by Crippen LogP contribution is -1.88. The first-order chi connectivity index (χ1) is 56.3. The van der Waals surface area contributed by atoms with Crippen molar-refractivity contribution in [2.45, 2.75) is 368 Å². The Bertz CT molecular complexity index is 3340. The highest BCUT2D eigenvalue weighted by Gasteiger charge is 2.10. The predicted molar refractivity (Wildman–Crippen MR) is 495 cm³/mol. The van der Waals surface area contributed by atoms with Crippen LogP contribution in [-0.4, -0.2) is 51.1 Å². The Labute approximate surface area is 701 Å². The largest absolute Gasteiger partial charge is 0.504 e. The van der Waals surface area contributed by atoms with Crippen LogP contribution in [0.15, 0.2) is 201 Å². The Morgan fingerprint density at radius 1 is 0.217 bits per heavy atom. The van der Waals surface area contributed by atoms with Gasteiger partial charge in [-0.15, -0.1) is 6.58 Å². The Morgan fingerprint density at radius 3 is 0.678 bits per heavy atom. The molecular formula is C105H162O10. The fraction of sp³-hybridized carbons (Fsp3) is 0.543. The second kappa shape index (κ2) is 78.3. The van der Waals surface area contributed by atoms with Crippen molar-refractivity contribution in [3.05, 3.63) is 229 Å². The molecule has 0 spiro atoms. The van der Waals surface area contributed by atoms with Gasteiger partial charge in [0.2, 0.25) is 0 Å². The van der Waals surface area contributed by atoms with E-state index in [-0.39, 0.29) is 57.5 Å². The maximum Gasteiger partial charge on any atom is 0.160 e. The lowest BCUT2D eigenvalue weighted by atomic mass is 10.0. The molecule has 0 radical (unpaired) electrons. The van der Waals surface area contributed by atoms with Gasteiger partial charge in [0.25, 0.3) is 0 Å². The van der Waals surface area contributed by atoms with E-state index in [2.05, 4.69) is 112 Å². The maximum atomic E-state index is 9.74. The monoisotopic (exact) mass is 1580 g/mol. The number of aryl methyl sites for hydroxylation is 5. The van der Waals surface area contributed by atoms with Crippen LogP contribution in [0.3, 0.4) is 0 Å². The second-order valence-corrected chi connectivity index (χ2v) is 30.8. The number of phenols is 10. The first kappa shape index (κ1) is 105. The zero-order valence-electron chi connectivity index (χ0n) is 72.6. The van der Waals surface area contributed by atoms with Crippen LogP contribution in [0.5, 0.6) is 57.5 Å². The third-order valence-electron chi connectivity index (χ3n) is 20.5. The standard InChI is InChI=1S/C21H36O2.C21H34O2.C21H32O2.2C21H30O2/c5*1-2-3-4-5-6-7-8-9-10-11-12-13-14-16-19-17-15-18-20(22)21(19)23/h15,17-18,22-23H,2-14,16H2,1H3;7-8,15,17-18,22-23H,2-6,9-14,16H2,1H3;4-5,7-8,15,17-18,22-23H,2-3,6,9-14,16H2,1H3;2-5,7-8,15,17-18,22-23H,6,9-14,16H2,1H3;2,4-5,7-8,15,17-18,22-23H,1,3,6,9-14,16H2/b;8-7-;5-4-,8-7-;3-2-,5-4-,8-7-;5-4-,8-7-. The lowest BCUT2D eigenvalue weighted by molar-refractivity contribution is 0.398. The van der Waals surface area contributed by atoms with Crippen molar-refractivity contribution in [2.75, 3.05) is 0 Å². The number of allylic oxidation sites excluding steroid dienone is 17. The van der Waals surface area contributed by atoms with E-state index in [4.69, 9.17) is 0 Å². The van der Waals surface area contributed by atoms with E-state index in [1.807, 2.05) is 55.5 Å². The number of aromatic hydroxyl groups is 10. The van der Waals surface area contributed by atoms with Gasteiger partial charge in [-0.05, 0) is 226 Å². The third-order valence-corrected chi connectivity index (χ3v) is 20.5. The normalized spacial score (nSPS) is 11.5. The smallest absolute Gasteiger partial charge is 0.160 e. The van der Waals surface area contributed by atoms with Crippen LogP contribution in [-0.2, 0) is 32.1 Å². The van der Waals surface area contributed by atoms with Gasteiger partial charge >= 0.3 is 0 Å². The molecule has 0 fully saturated rings. The minimum atomic E-state index is -0.0198. The fourth-order valence-electron chi connectivity index (χ4n) is 13.4. The Kier molecular flexibility index (Phi) is 71.3. The Hall–Kier alpha value is -8.24. The Morgan fingerprint density at radius 2 is 0.426 bits per heavy atom. The molecule has 642 valence electrons. The van der Waals surface area contributed by atoms with Gasteiger partial charge in [-0.25, -0.2) is 0 Å². The number of phenolic OH excluding ortho intramolecular Hbond substituents is 10. The van der Waals surface area contributed by atoms with Gasteiger partial charge in [0.05, 0.1) is 0 Å². The van der Waals surface area contributed by atoms with Crippen LogP contribution in [0.4, 0.5) is 0 Å². The van der Waals surface area contributed by atoms with E-state index in [0.29, 0.717) is 0 Å². The van der Waals surface area contributed by atoms with Gasteiger partial charge in [0.1, 0.15) is 0 Å². The van der Waals surface area contributed by atoms with Crippen molar-refractivity contribution in [3.63, 3.8) is 0 Å². The summed E-state index contributed by atoms with van der Waals surface area (Å²) in [7, 11) is 0. The zero-order chi connectivity index (χ0) is 83.8. The minimum absolute atomic E-state index is 0.00260. The number of unbranched alkanes of at least 4 members (excludes halogenated alkanes) is 37. The van der Waals surface area contributed by atoms with Crippen molar-refractivity contribution in [1.29, 1.82) is 0 Å². The number of rotatable bonds is 62. The second-order valence-electron chi connectivity index (χ2n) is 30.8. The molecule has 0 saturated heterocycles. The molecule has 0 unspecified atom stereocenters. The van der Waals surface area contributed by atoms with Gasteiger partial charge < -0.3 is 51.1 Å². The molecule has 0 aliphatic heterocycles. The molecule has 0 atom stereocenters. The summed E-state index contributed by atoms with van der Waals surface area (Å²) in [6, 6.07) is 26.0. The highest BCUT2D eigenvalue weighted by Crippen LogP contribution is 2.34. The molecule has 5 aromatic rings. The number of hydrogen-bond acceptors (Lipinski definition) is 10. The first-order valence-corrected chi connectivity index (χ1v) is 45.5. The topological polar surface area (TPSA) is 202 Å². The number of hydrogen-bond donors (Lipinski definition) is 10. The molecule has 0 aliphatic carbocycles. The maximum absolute atomic E-state index is 9.74. The molecule has 5 aromatic carbocycles. The molecular weight excluding hydrogens is 1420 g/mol. The van der Waals surface area contributed by atoms with Crippen molar-refractivity contribution >= 4 is 0 Å². The van der Waals surface area contributed by atoms with Crippen molar-refractivity contribution < 1.29 is 51.1 Å². The molecule has 5 rings (SSSR count). The van der Waals surface area contributed by atoms with E-state index in [0.717, 1.165) is 131 Å². The third kappa shape index (κ3) is 60.9.